The maximum absolute atomic E-state index is 12.5. The van der Waals surface area contributed by atoms with Gasteiger partial charge in [-0.25, -0.2) is 0 Å². The van der Waals surface area contributed by atoms with Crippen molar-refractivity contribution in [3.05, 3.63) is 75.8 Å². The highest BCUT2D eigenvalue weighted by molar-refractivity contribution is 7.98. The van der Waals surface area contributed by atoms with E-state index < -0.39 is 0 Å². The normalized spacial score (nSPS) is 13.1. The SMILES string of the molecule is COc1cc2c(cc1OC)CN(Cc1cc(=O)c(OCC(=O)Nc3cccc(SC)c3)co1)CC2. The van der Waals surface area contributed by atoms with Crippen LogP contribution < -0.4 is 25.0 Å². The van der Waals surface area contributed by atoms with Gasteiger partial charge in [-0.05, 0) is 54.1 Å². The standard InChI is InChI=1S/C26H28N2O6S/c1-31-23-9-17-7-8-28(13-18(17)10-24(23)32-2)14-20-12-22(29)25(15-33-20)34-16-26(30)27-19-5-4-6-21(11-19)35-3/h4-6,9-12,15H,7-8,13-14,16H2,1-3H3,(H,27,30). The number of ether oxygens (including phenoxy) is 3. The molecule has 1 amide bonds. The summed E-state index contributed by atoms with van der Waals surface area (Å²) in [6.45, 7) is 1.72. The molecule has 0 saturated carbocycles. The van der Waals surface area contributed by atoms with Crippen molar-refractivity contribution in [3.8, 4) is 17.2 Å². The van der Waals surface area contributed by atoms with Crippen LogP contribution in [0.15, 0.2) is 62.8 Å². The predicted octanol–water partition coefficient (Wildman–Crippen LogP) is 3.95. The lowest BCUT2D eigenvalue weighted by molar-refractivity contribution is -0.118. The van der Waals surface area contributed by atoms with E-state index >= 15 is 0 Å². The number of nitrogens with zero attached hydrogens (tertiary/aromatic N) is 1. The molecular formula is C26H28N2O6S. The van der Waals surface area contributed by atoms with Gasteiger partial charge in [-0.3, -0.25) is 14.5 Å². The molecular weight excluding hydrogens is 468 g/mol. The Kier molecular flexibility index (Phi) is 7.99. The molecule has 8 nitrogen and oxygen atoms in total. The van der Waals surface area contributed by atoms with Crippen molar-refractivity contribution in [2.24, 2.45) is 0 Å². The first kappa shape index (κ1) is 24.7. The number of amides is 1. The van der Waals surface area contributed by atoms with E-state index in [1.807, 2.05) is 36.6 Å². The molecule has 9 heteroatoms. The Bertz CT molecular complexity index is 1260. The molecule has 0 fully saturated rings. The van der Waals surface area contributed by atoms with Crippen LogP contribution in [0.4, 0.5) is 5.69 Å². The van der Waals surface area contributed by atoms with Crippen LogP contribution in [0.5, 0.6) is 17.2 Å². The van der Waals surface area contributed by atoms with Crippen LogP contribution in [-0.4, -0.2) is 44.4 Å². The molecule has 35 heavy (non-hydrogen) atoms. The molecule has 0 atom stereocenters. The Morgan fingerprint density at radius 3 is 2.57 bits per heavy atom. The number of carbonyl (C=O) groups excluding carboxylic acids is 1. The smallest absolute Gasteiger partial charge is 0.262 e. The van der Waals surface area contributed by atoms with Gasteiger partial charge in [0.2, 0.25) is 11.2 Å². The Labute approximate surface area is 208 Å². The summed E-state index contributed by atoms with van der Waals surface area (Å²) in [4.78, 5) is 28.0. The van der Waals surface area contributed by atoms with Gasteiger partial charge in [-0.1, -0.05) is 6.07 Å². The first-order chi connectivity index (χ1) is 17.0. The summed E-state index contributed by atoms with van der Waals surface area (Å²) in [6.07, 6.45) is 4.09. The van der Waals surface area contributed by atoms with Crippen LogP contribution in [0.1, 0.15) is 16.9 Å². The van der Waals surface area contributed by atoms with Crippen molar-refractivity contribution in [1.82, 2.24) is 4.90 Å². The third kappa shape index (κ3) is 6.17. The molecule has 1 aliphatic rings. The van der Waals surface area contributed by atoms with Crippen molar-refractivity contribution >= 4 is 23.4 Å². The Balaban J connectivity index is 1.34. The molecule has 1 aliphatic heterocycles. The minimum absolute atomic E-state index is 0.00239. The molecule has 0 saturated heterocycles. The van der Waals surface area contributed by atoms with Crippen molar-refractivity contribution in [1.29, 1.82) is 0 Å². The fourth-order valence-electron chi connectivity index (χ4n) is 3.96. The summed E-state index contributed by atoms with van der Waals surface area (Å²) in [7, 11) is 3.25. The monoisotopic (exact) mass is 496 g/mol. The number of thioether (sulfide) groups is 1. The highest BCUT2D eigenvalue weighted by atomic mass is 32.2. The first-order valence-corrected chi connectivity index (χ1v) is 12.4. The lowest BCUT2D eigenvalue weighted by Gasteiger charge is -2.29. The molecule has 0 radical (unpaired) electrons. The average molecular weight is 497 g/mol. The summed E-state index contributed by atoms with van der Waals surface area (Å²) in [6, 6.07) is 12.9. The van der Waals surface area contributed by atoms with Gasteiger partial charge < -0.3 is 23.9 Å². The van der Waals surface area contributed by atoms with E-state index in [0.717, 1.165) is 29.2 Å². The van der Waals surface area contributed by atoms with E-state index in [4.69, 9.17) is 18.6 Å². The largest absolute Gasteiger partial charge is 0.493 e. The fraction of sp³-hybridized carbons (Fsp3) is 0.308. The molecule has 0 spiro atoms. The van der Waals surface area contributed by atoms with E-state index in [1.54, 1.807) is 32.0 Å². The van der Waals surface area contributed by atoms with Gasteiger partial charge in [0, 0.05) is 29.7 Å². The van der Waals surface area contributed by atoms with Gasteiger partial charge in [-0.15, -0.1) is 11.8 Å². The minimum atomic E-state index is -0.356. The number of hydrogen-bond acceptors (Lipinski definition) is 8. The van der Waals surface area contributed by atoms with Crippen molar-refractivity contribution in [2.75, 3.05) is 38.9 Å². The van der Waals surface area contributed by atoms with Crippen LogP contribution in [-0.2, 0) is 24.3 Å². The lowest BCUT2D eigenvalue weighted by Crippen LogP contribution is -2.30. The van der Waals surface area contributed by atoms with Crippen LogP contribution in [0.3, 0.4) is 0 Å². The van der Waals surface area contributed by atoms with E-state index in [2.05, 4.69) is 10.2 Å². The van der Waals surface area contributed by atoms with Crippen LogP contribution in [0.2, 0.25) is 0 Å². The van der Waals surface area contributed by atoms with E-state index in [9.17, 15) is 9.59 Å². The van der Waals surface area contributed by atoms with Crippen molar-refractivity contribution in [2.45, 2.75) is 24.4 Å². The third-order valence-corrected chi connectivity index (χ3v) is 6.47. The quantitative estimate of drug-likeness (QED) is 0.446. The summed E-state index contributed by atoms with van der Waals surface area (Å²) < 4.78 is 21.9. The maximum Gasteiger partial charge on any atom is 0.262 e. The Morgan fingerprint density at radius 1 is 1.09 bits per heavy atom. The molecule has 4 rings (SSSR count). The second-order valence-corrected chi connectivity index (χ2v) is 8.96. The highest BCUT2D eigenvalue weighted by Gasteiger charge is 2.20. The zero-order chi connectivity index (χ0) is 24.8. The summed E-state index contributed by atoms with van der Waals surface area (Å²) in [5, 5.41) is 2.76. The maximum atomic E-state index is 12.5. The molecule has 3 aromatic rings. The van der Waals surface area contributed by atoms with Crippen LogP contribution in [0, 0.1) is 0 Å². The number of nitrogens with one attached hydrogen (secondary N) is 1. The molecule has 1 aromatic heterocycles. The van der Waals surface area contributed by atoms with Gasteiger partial charge in [0.1, 0.15) is 12.0 Å². The van der Waals surface area contributed by atoms with Crippen molar-refractivity contribution in [3.63, 3.8) is 0 Å². The first-order valence-electron chi connectivity index (χ1n) is 11.1. The van der Waals surface area contributed by atoms with E-state index in [0.29, 0.717) is 30.3 Å². The molecule has 0 bridgehead atoms. The van der Waals surface area contributed by atoms with Gasteiger partial charge in [0.05, 0.1) is 20.8 Å². The zero-order valence-corrected chi connectivity index (χ0v) is 20.8. The number of methoxy groups -OCH3 is 2. The van der Waals surface area contributed by atoms with E-state index in [1.165, 1.54) is 17.9 Å². The molecule has 184 valence electrons. The number of carbonyl (C=O) groups is 1. The Morgan fingerprint density at radius 2 is 1.86 bits per heavy atom. The molecule has 0 aliphatic carbocycles. The van der Waals surface area contributed by atoms with Crippen molar-refractivity contribution < 1.29 is 23.4 Å². The fourth-order valence-corrected chi connectivity index (χ4v) is 4.42. The summed E-state index contributed by atoms with van der Waals surface area (Å²) >= 11 is 1.59. The second-order valence-electron chi connectivity index (χ2n) is 8.08. The summed E-state index contributed by atoms with van der Waals surface area (Å²) in [5.41, 5.74) is 2.73. The topological polar surface area (TPSA) is 90.2 Å². The zero-order valence-electron chi connectivity index (χ0n) is 20.0. The molecule has 0 unspecified atom stereocenters. The average Bonchev–Trinajstić information content (AvgIpc) is 2.87. The number of fused-ring (bicyclic) bond motifs is 1. The molecule has 2 heterocycles. The second kappa shape index (κ2) is 11.3. The van der Waals surface area contributed by atoms with Gasteiger partial charge >= 0.3 is 0 Å². The number of benzene rings is 2. The number of rotatable bonds is 9. The Hall–Kier alpha value is -3.43. The summed E-state index contributed by atoms with van der Waals surface area (Å²) in [5.74, 6) is 1.60. The molecule has 2 aromatic carbocycles. The number of hydrogen-bond donors (Lipinski definition) is 1. The highest BCUT2D eigenvalue weighted by Crippen LogP contribution is 2.33. The van der Waals surface area contributed by atoms with Gasteiger partial charge in [-0.2, -0.15) is 0 Å². The van der Waals surface area contributed by atoms with Gasteiger partial charge in [0.25, 0.3) is 5.91 Å². The van der Waals surface area contributed by atoms with Crippen LogP contribution >= 0.6 is 11.8 Å². The van der Waals surface area contributed by atoms with E-state index in [-0.39, 0.29) is 23.7 Å². The van der Waals surface area contributed by atoms with Gasteiger partial charge in [0.15, 0.2) is 18.1 Å². The molecule has 1 N–H and O–H groups in total. The number of anilines is 1. The lowest BCUT2D eigenvalue weighted by atomic mass is 9.98. The van der Waals surface area contributed by atoms with Crippen LogP contribution in [0.25, 0.3) is 0 Å². The predicted molar refractivity (Wildman–Crippen MR) is 135 cm³/mol. The minimum Gasteiger partial charge on any atom is -0.493 e. The third-order valence-electron chi connectivity index (χ3n) is 5.74.